The normalized spacial score (nSPS) is 12.1. The van der Waals surface area contributed by atoms with Crippen LogP contribution in [0.3, 0.4) is 0 Å². The number of ether oxygens (including phenoxy) is 1. The number of Topliss-reactive ketones (excluding diaryl/α,β-unsaturated/α-hetero) is 1. The number of imide groups is 1. The summed E-state index contributed by atoms with van der Waals surface area (Å²) in [5, 5.41) is 23.3. The van der Waals surface area contributed by atoms with Gasteiger partial charge in [0.25, 0.3) is 29.1 Å². The van der Waals surface area contributed by atoms with Crippen LogP contribution in [0.2, 0.25) is 0 Å². The second-order valence-electron chi connectivity index (χ2n) is 9.40. The van der Waals surface area contributed by atoms with E-state index in [4.69, 9.17) is 4.74 Å². The molecule has 0 aliphatic carbocycles. The Morgan fingerprint density at radius 3 is 1.48 bits per heavy atom. The van der Waals surface area contributed by atoms with Crippen LogP contribution in [0.1, 0.15) is 41.4 Å². The van der Waals surface area contributed by atoms with Crippen molar-refractivity contribution in [3.05, 3.63) is 133 Å². The van der Waals surface area contributed by atoms with E-state index in [2.05, 4.69) is 63.7 Å². The molecule has 13 nitrogen and oxygen atoms in total. The number of amides is 3. The van der Waals surface area contributed by atoms with Crippen molar-refractivity contribution in [2.45, 2.75) is 0 Å². The van der Waals surface area contributed by atoms with Gasteiger partial charge in [-0.2, -0.15) is 5.01 Å². The van der Waals surface area contributed by atoms with Gasteiger partial charge >= 0.3 is 0 Å². The van der Waals surface area contributed by atoms with Gasteiger partial charge in [-0.05, 0) is 112 Å². The van der Waals surface area contributed by atoms with Crippen LogP contribution < -0.4 is 4.74 Å². The Hall–Kier alpha value is -4.32. The highest BCUT2D eigenvalue weighted by atomic mass is 79.9. The largest absolute Gasteiger partial charge is 0.457 e. The fraction of sp³-hybridized carbons (Fsp3) is 0.0345. The lowest BCUT2D eigenvalue weighted by Crippen LogP contribution is -2.51. The minimum Gasteiger partial charge on any atom is -0.457 e. The molecule has 17 heteroatoms. The van der Waals surface area contributed by atoms with E-state index in [0.717, 1.165) is 24.3 Å². The van der Waals surface area contributed by atoms with Crippen LogP contribution in [0.5, 0.6) is 11.5 Å². The standard InChI is InChI=1S/C29H14Br4N4O9/c30-23-21-22(24(31)26(33)25(23)32)29(41)35(28(21)40)34(27(39)15-1-5-16(6-2-15)36(42)43)13-20(38)14-3-9-18(10-4-14)46-19-11-7-17(8-12-19)37(44)45/h1-12H,13H2. The highest BCUT2D eigenvalue weighted by Gasteiger charge is 2.46. The van der Waals surface area contributed by atoms with Crippen molar-refractivity contribution < 1.29 is 33.8 Å². The molecule has 0 unspecified atom stereocenters. The maximum atomic E-state index is 13.8. The maximum Gasteiger partial charge on any atom is 0.282 e. The average molecular weight is 882 g/mol. The van der Waals surface area contributed by atoms with Gasteiger partial charge in [-0.3, -0.25) is 39.4 Å². The zero-order valence-electron chi connectivity index (χ0n) is 22.6. The minimum absolute atomic E-state index is 0.0614. The van der Waals surface area contributed by atoms with E-state index in [9.17, 15) is 39.4 Å². The van der Waals surface area contributed by atoms with Crippen LogP contribution in [0.4, 0.5) is 11.4 Å². The van der Waals surface area contributed by atoms with Crippen molar-refractivity contribution in [1.29, 1.82) is 0 Å². The molecule has 0 bridgehead atoms. The number of benzene rings is 4. The van der Waals surface area contributed by atoms with Gasteiger partial charge in [0.2, 0.25) is 0 Å². The molecule has 0 atom stereocenters. The zero-order valence-corrected chi connectivity index (χ0v) is 29.0. The van der Waals surface area contributed by atoms with Crippen LogP contribution in [0, 0.1) is 20.2 Å². The van der Waals surface area contributed by atoms with Crippen LogP contribution in [0.15, 0.2) is 90.7 Å². The number of carbonyl (C=O) groups excluding carboxylic acids is 4. The molecular weight excluding hydrogens is 868 g/mol. The number of rotatable bonds is 9. The van der Waals surface area contributed by atoms with Gasteiger partial charge in [0.05, 0.1) is 21.0 Å². The maximum absolute atomic E-state index is 13.8. The van der Waals surface area contributed by atoms with Crippen LogP contribution in [-0.4, -0.2) is 49.9 Å². The van der Waals surface area contributed by atoms with Crippen molar-refractivity contribution in [1.82, 2.24) is 10.0 Å². The van der Waals surface area contributed by atoms with E-state index in [-0.39, 0.29) is 42.6 Å². The number of nitro groups is 2. The molecule has 46 heavy (non-hydrogen) atoms. The first kappa shape index (κ1) is 33.1. The number of hydrazine groups is 1. The molecule has 3 amide bonds. The average Bonchev–Trinajstić information content (AvgIpc) is 3.31. The van der Waals surface area contributed by atoms with Gasteiger partial charge in [-0.25, -0.2) is 5.01 Å². The number of carbonyl (C=O) groups is 4. The molecule has 1 heterocycles. The first-order chi connectivity index (χ1) is 21.8. The smallest absolute Gasteiger partial charge is 0.282 e. The first-order valence-corrected chi connectivity index (χ1v) is 15.8. The molecule has 4 aromatic rings. The summed E-state index contributed by atoms with van der Waals surface area (Å²) in [6.45, 7) is -0.762. The van der Waals surface area contributed by atoms with Gasteiger partial charge in [0, 0.05) is 53.3 Å². The van der Waals surface area contributed by atoms with Gasteiger partial charge in [-0.15, -0.1) is 0 Å². The molecule has 1 aliphatic heterocycles. The van der Waals surface area contributed by atoms with E-state index in [1.54, 1.807) is 0 Å². The molecule has 4 aromatic carbocycles. The third-order valence-electron chi connectivity index (χ3n) is 6.63. The predicted molar refractivity (Wildman–Crippen MR) is 176 cm³/mol. The SMILES string of the molecule is O=C(CN(C(=O)c1ccc([N+](=O)[O-])cc1)N1C(=O)c2c(Br)c(Br)c(Br)c(Br)c2C1=O)c1ccc(Oc2ccc([N+](=O)[O-])cc2)cc1. The molecule has 0 N–H and O–H groups in total. The van der Waals surface area contributed by atoms with Crippen molar-refractivity contribution in [2.24, 2.45) is 0 Å². The second kappa shape index (κ2) is 13.2. The van der Waals surface area contributed by atoms with Gasteiger partial charge < -0.3 is 4.74 Å². The van der Waals surface area contributed by atoms with E-state index in [1.165, 1.54) is 48.5 Å². The molecule has 0 radical (unpaired) electrons. The number of nitrogens with zero attached hydrogens (tertiary/aromatic N) is 4. The minimum atomic E-state index is -0.943. The van der Waals surface area contributed by atoms with Crippen molar-refractivity contribution in [3.63, 3.8) is 0 Å². The van der Waals surface area contributed by atoms with Crippen molar-refractivity contribution in [2.75, 3.05) is 6.54 Å². The summed E-state index contributed by atoms with van der Waals surface area (Å²) in [6, 6.07) is 15.6. The summed E-state index contributed by atoms with van der Waals surface area (Å²) in [7, 11) is 0. The summed E-state index contributed by atoms with van der Waals surface area (Å²) < 4.78 is 6.98. The molecule has 5 rings (SSSR count). The van der Waals surface area contributed by atoms with Crippen molar-refractivity contribution >= 4 is 98.6 Å². The number of nitro benzene ring substituents is 2. The summed E-state index contributed by atoms with van der Waals surface area (Å²) in [6.07, 6.45) is 0. The second-order valence-corrected chi connectivity index (χ2v) is 12.6. The number of ketones is 1. The monoisotopic (exact) mass is 878 g/mol. The Labute approximate surface area is 291 Å². The Balaban J connectivity index is 1.46. The summed E-state index contributed by atoms with van der Waals surface area (Å²) in [5.74, 6) is -2.78. The Morgan fingerprint density at radius 1 is 0.652 bits per heavy atom. The molecule has 0 aromatic heterocycles. The summed E-state index contributed by atoms with van der Waals surface area (Å²) in [5.41, 5.74) is -0.552. The molecule has 0 saturated heterocycles. The van der Waals surface area contributed by atoms with Gasteiger partial charge in [0.1, 0.15) is 18.0 Å². The first-order valence-electron chi connectivity index (χ1n) is 12.7. The lowest BCUT2D eigenvalue weighted by Gasteiger charge is -2.29. The quantitative estimate of drug-likeness (QED) is 0.0405. The fourth-order valence-electron chi connectivity index (χ4n) is 4.37. The lowest BCUT2D eigenvalue weighted by atomic mass is 10.1. The van der Waals surface area contributed by atoms with Gasteiger partial charge in [-0.1, -0.05) is 0 Å². The van der Waals surface area contributed by atoms with Crippen LogP contribution in [-0.2, 0) is 0 Å². The summed E-state index contributed by atoms with van der Waals surface area (Å²) >= 11 is 13.3. The molecule has 0 saturated carbocycles. The topological polar surface area (TPSA) is 170 Å². The van der Waals surface area contributed by atoms with E-state index >= 15 is 0 Å². The summed E-state index contributed by atoms with van der Waals surface area (Å²) in [4.78, 5) is 75.6. The Kier molecular flexibility index (Phi) is 9.48. The molecule has 1 aliphatic rings. The molecule has 232 valence electrons. The van der Waals surface area contributed by atoms with Crippen LogP contribution in [0.25, 0.3) is 0 Å². The Bertz CT molecular complexity index is 1920. The third kappa shape index (κ3) is 6.22. The fourth-order valence-corrected chi connectivity index (χ4v) is 6.83. The van der Waals surface area contributed by atoms with Crippen molar-refractivity contribution in [3.8, 4) is 11.5 Å². The van der Waals surface area contributed by atoms with E-state index in [1.807, 2.05) is 0 Å². The number of non-ortho nitro benzene ring substituents is 2. The lowest BCUT2D eigenvalue weighted by molar-refractivity contribution is -0.385. The Morgan fingerprint density at radius 2 is 1.04 bits per heavy atom. The molecule has 0 fully saturated rings. The number of halogens is 4. The highest BCUT2D eigenvalue weighted by Crippen LogP contribution is 2.45. The van der Waals surface area contributed by atoms with E-state index in [0.29, 0.717) is 30.5 Å². The molecular formula is C29H14Br4N4O9. The van der Waals surface area contributed by atoms with Gasteiger partial charge in [0.15, 0.2) is 5.78 Å². The zero-order chi connectivity index (χ0) is 33.4. The van der Waals surface area contributed by atoms with Crippen LogP contribution >= 0.6 is 63.7 Å². The number of hydrogen-bond acceptors (Lipinski definition) is 9. The predicted octanol–water partition coefficient (Wildman–Crippen LogP) is 7.88. The van der Waals surface area contributed by atoms with E-state index < -0.39 is 39.9 Å². The number of fused-ring (bicyclic) bond motifs is 1. The molecule has 0 spiro atoms. The third-order valence-corrected chi connectivity index (χ3v) is 11.4. The highest BCUT2D eigenvalue weighted by molar-refractivity contribution is 9.15. The number of hydrogen-bond donors (Lipinski definition) is 0.